The number of hydrogen-bond acceptors (Lipinski definition) is 2. The number of aromatic hydroxyl groups is 1. The van der Waals surface area contributed by atoms with Crippen LogP contribution in [0, 0.1) is 11.3 Å². The summed E-state index contributed by atoms with van der Waals surface area (Å²) >= 11 is 0. The first-order chi connectivity index (χ1) is 9.25. The number of nitrogens with zero attached hydrogens (tertiary/aromatic N) is 1. The van der Waals surface area contributed by atoms with Crippen LogP contribution in [0.2, 0.25) is 0 Å². The van der Waals surface area contributed by atoms with Gasteiger partial charge in [0.1, 0.15) is 5.75 Å². The second-order valence-corrected chi connectivity index (χ2v) is 6.55. The third-order valence-corrected chi connectivity index (χ3v) is 5.26. The minimum Gasteiger partial charge on any atom is -0.508 e. The highest BCUT2D eigenvalue weighted by Crippen LogP contribution is 2.70. The number of rotatable bonds is 3. The predicted molar refractivity (Wildman–Crippen MR) is 76.9 cm³/mol. The van der Waals surface area contributed by atoms with Crippen LogP contribution in [0.3, 0.4) is 0 Å². The summed E-state index contributed by atoms with van der Waals surface area (Å²) in [5.74, 6) is 1.36. The minimum atomic E-state index is 0.352. The van der Waals surface area contributed by atoms with E-state index in [9.17, 15) is 5.11 Å². The topological polar surface area (TPSA) is 23.5 Å². The average molecular weight is 255 g/mol. The van der Waals surface area contributed by atoms with Gasteiger partial charge >= 0.3 is 0 Å². The largest absolute Gasteiger partial charge is 0.508 e. The van der Waals surface area contributed by atoms with Crippen LogP contribution >= 0.6 is 0 Å². The van der Waals surface area contributed by atoms with Crippen molar-refractivity contribution in [3.8, 4) is 5.75 Å². The monoisotopic (exact) mass is 255 g/mol. The molecule has 1 aliphatic heterocycles. The van der Waals surface area contributed by atoms with Crippen molar-refractivity contribution in [2.75, 3.05) is 19.6 Å². The van der Waals surface area contributed by atoms with Crippen LogP contribution in [-0.4, -0.2) is 29.6 Å². The molecule has 1 spiro atoms. The number of hydrogen-bond donors (Lipinski definition) is 1. The quantitative estimate of drug-likeness (QED) is 0.896. The third kappa shape index (κ3) is 2.18. The highest BCUT2D eigenvalue weighted by Gasteiger charge is 2.62. The molecule has 19 heavy (non-hydrogen) atoms. The molecule has 0 saturated heterocycles. The Morgan fingerprint density at radius 1 is 1.21 bits per heavy atom. The number of phenolic OH excluding ortho intramolecular Hbond substituents is 1. The highest BCUT2D eigenvalue weighted by molar-refractivity contribution is 5.67. The lowest BCUT2D eigenvalue weighted by Crippen LogP contribution is -2.30. The van der Waals surface area contributed by atoms with Gasteiger partial charge in [-0.05, 0) is 60.3 Å². The van der Waals surface area contributed by atoms with Gasteiger partial charge < -0.3 is 5.11 Å². The van der Waals surface area contributed by atoms with E-state index in [-0.39, 0.29) is 0 Å². The molecule has 2 heteroatoms. The van der Waals surface area contributed by atoms with Gasteiger partial charge in [0.2, 0.25) is 0 Å². The van der Waals surface area contributed by atoms with Gasteiger partial charge in [-0.15, -0.1) is 0 Å². The van der Waals surface area contributed by atoms with Crippen LogP contribution in [0.15, 0.2) is 30.3 Å². The molecule has 1 atom stereocenters. The summed E-state index contributed by atoms with van der Waals surface area (Å²) in [6.07, 6.45) is 8.01. The van der Waals surface area contributed by atoms with Crippen molar-refractivity contribution >= 4 is 5.57 Å². The summed E-state index contributed by atoms with van der Waals surface area (Å²) in [6, 6.07) is 7.61. The van der Waals surface area contributed by atoms with E-state index in [2.05, 4.69) is 11.0 Å². The van der Waals surface area contributed by atoms with Crippen molar-refractivity contribution in [1.29, 1.82) is 0 Å². The lowest BCUT2D eigenvalue weighted by Gasteiger charge is -2.26. The van der Waals surface area contributed by atoms with Gasteiger partial charge in [-0.3, -0.25) is 4.90 Å². The third-order valence-electron chi connectivity index (χ3n) is 5.26. The van der Waals surface area contributed by atoms with Gasteiger partial charge in [-0.1, -0.05) is 18.2 Å². The molecule has 0 amide bonds. The van der Waals surface area contributed by atoms with Crippen molar-refractivity contribution in [3.63, 3.8) is 0 Å². The zero-order valence-corrected chi connectivity index (χ0v) is 11.3. The molecule has 2 saturated carbocycles. The van der Waals surface area contributed by atoms with Gasteiger partial charge in [-0.2, -0.15) is 0 Å². The zero-order chi connectivity index (χ0) is 12.9. The Balaban J connectivity index is 1.38. The first kappa shape index (κ1) is 11.5. The fourth-order valence-electron chi connectivity index (χ4n) is 3.59. The molecule has 2 aliphatic carbocycles. The Labute approximate surface area is 114 Å². The molecule has 4 rings (SSSR count). The maximum Gasteiger partial charge on any atom is 0.115 e. The summed E-state index contributed by atoms with van der Waals surface area (Å²) in [6.45, 7) is 3.61. The number of phenols is 1. The molecular formula is C17H21NO. The summed E-state index contributed by atoms with van der Waals surface area (Å²) < 4.78 is 0. The van der Waals surface area contributed by atoms with Crippen LogP contribution in [-0.2, 0) is 0 Å². The highest BCUT2D eigenvalue weighted by atomic mass is 16.3. The van der Waals surface area contributed by atoms with E-state index in [0.717, 1.165) is 24.3 Å². The Morgan fingerprint density at radius 2 is 2.00 bits per heavy atom. The first-order valence-electron chi connectivity index (χ1n) is 7.46. The van der Waals surface area contributed by atoms with E-state index < -0.39 is 0 Å². The van der Waals surface area contributed by atoms with Crippen molar-refractivity contribution in [3.05, 3.63) is 35.9 Å². The van der Waals surface area contributed by atoms with E-state index in [4.69, 9.17) is 0 Å². The van der Waals surface area contributed by atoms with Gasteiger partial charge in [0.25, 0.3) is 0 Å². The predicted octanol–water partition coefficient (Wildman–Crippen LogP) is 3.28. The van der Waals surface area contributed by atoms with E-state index in [1.165, 1.54) is 43.5 Å². The summed E-state index contributed by atoms with van der Waals surface area (Å²) in [5.41, 5.74) is 3.54. The number of benzene rings is 1. The lowest BCUT2D eigenvalue weighted by atomic mass is 9.99. The maximum absolute atomic E-state index is 9.33. The van der Waals surface area contributed by atoms with E-state index in [0.29, 0.717) is 5.75 Å². The summed E-state index contributed by atoms with van der Waals surface area (Å²) in [5, 5.41) is 9.33. The molecule has 1 unspecified atom stereocenters. The smallest absolute Gasteiger partial charge is 0.115 e. The molecule has 0 aromatic heterocycles. The maximum atomic E-state index is 9.33. The lowest BCUT2D eigenvalue weighted by molar-refractivity contribution is 0.282. The fourth-order valence-corrected chi connectivity index (χ4v) is 3.59. The van der Waals surface area contributed by atoms with Crippen LogP contribution in [0.25, 0.3) is 5.57 Å². The Bertz CT molecular complexity index is 513. The molecule has 1 aromatic carbocycles. The van der Waals surface area contributed by atoms with E-state index in [1.807, 2.05) is 12.1 Å². The van der Waals surface area contributed by atoms with Gasteiger partial charge in [0.15, 0.2) is 0 Å². The molecule has 3 aliphatic rings. The first-order valence-corrected chi connectivity index (χ1v) is 7.46. The molecule has 100 valence electrons. The van der Waals surface area contributed by atoms with Crippen molar-refractivity contribution in [1.82, 2.24) is 4.90 Å². The van der Waals surface area contributed by atoms with Crippen molar-refractivity contribution in [2.24, 2.45) is 11.3 Å². The van der Waals surface area contributed by atoms with Crippen LogP contribution < -0.4 is 0 Å². The minimum absolute atomic E-state index is 0.352. The molecule has 1 N–H and O–H groups in total. The standard InChI is InChI=1S/C17H21NO/c19-16-3-1-13(2-4-16)14-5-9-18(10-6-14)12-15-11-17(15)7-8-17/h1-5,15,19H,6-12H2. The van der Waals surface area contributed by atoms with Crippen LogP contribution in [0.1, 0.15) is 31.2 Å². The summed E-state index contributed by atoms with van der Waals surface area (Å²) in [7, 11) is 0. The molecule has 2 nitrogen and oxygen atoms in total. The second-order valence-electron chi connectivity index (χ2n) is 6.55. The Morgan fingerprint density at radius 3 is 2.58 bits per heavy atom. The fraction of sp³-hybridized carbons (Fsp3) is 0.529. The van der Waals surface area contributed by atoms with Gasteiger partial charge in [0, 0.05) is 19.6 Å². The SMILES string of the molecule is Oc1ccc(C2=CCN(CC3CC34CC4)CC2)cc1. The normalized spacial score (nSPS) is 28.2. The molecule has 0 bridgehead atoms. The van der Waals surface area contributed by atoms with Crippen LogP contribution in [0.4, 0.5) is 0 Å². The molecule has 0 radical (unpaired) electrons. The molecule has 2 fully saturated rings. The molecule has 1 aromatic rings. The van der Waals surface area contributed by atoms with E-state index in [1.54, 1.807) is 12.1 Å². The molecule has 1 heterocycles. The average Bonchev–Trinajstić information content (AvgIpc) is 3.33. The van der Waals surface area contributed by atoms with Crippen molar-refractivity contribution in [2.45, 2.75) is 25.7 Å². The molecular weight excluding hydrogens is 234 g/mol. The Hall–Kier alpha value is -1.28. The second kappa shape index (κ2) is 4.11. The van der Waals surface area contributed by atoms with E-state index >= 15 is 0 Å². The zero-order valence-electron chi connectivity index (χ0n) is 11.3. The van der Waals surface area contributed by atoms with Gasteiger partial charge in [0.05, 0.1) is 0 Å². The van der Waals surface area contributed by atoms with Crippen LogP contribution in [0.5, 0.6) is 5.75 Å². The van der Waals surface area contributed by atoms with Crippen molar-refractivity contribution < 1.29 is 5.11 Å². The Kier molecular flexibility index (Phi) is 2.49. The van der Waals surface area contributed by atoms with Gasteiger partial charge in [-0.25, -0.2) is 0 Å². The summed E-state index contributed by atoms with van der Waals surface area (Å²) in [4.78, 5) is 2.61.